The molecule has 1 aromatic heterocycles. The fourth-order valence-electron chi connectivity index (χ4n) is 3.63. The molecule has 1 aliphatic rings. The van der Waals surface area contributed by atoms with E-state index < -0.39 is 0 Å². The van der Waals surface area contributed by atoms with Crippen molar-refractivity contribution in [1.29, 1.82) is 0 Å². The Morgan fingerprint density at radius 1 is 1.13 bits per heavy atom. The van der Waals surface area contributed by atoms with Gasteiger partial charge in [0.2, 0.25) is 5.91 Å². The van der Waals surface area contributed by atoms with E-state index in [1.807, 2.05) is 28.8 Å². The fourth-order valence-corrected chi connectivity index (χ4v) is 5.65. The lowest BCUT2D eigenvalue weighted by Gasteiger charge is -2.26. The van der Waals surface area contributed by atoms with Gasteiger partial charge < -0.3 is 15.0 Å². The van der Waals surface area contributed by atoms with E-state index in [1.165, 1.54) is 24.5 Å². The first-order valence-corrected chi connectivity index (χ1v) is 12.0. The summed E-state index contributed by atoms with van der Waals surface area (Å²) in [7, 11) is 1.52. The highest BCUT2D eigenvalue weighted by Crippen LogP contribution is 2.34. The highest BCUT2D eigenvalue weighted by atomic mass is 32.2. The number of ether oxygens (including phenoxy) is 1. The van der Waals surface area contributed by atoms with Crippen LogP contribution in [0.5, 0.6) is 0 Å². The van der Waals surface area contributed by atoms with Crippen molar-refractivity contribution in [2.75, 3.05) is 37.0 Å². The van der Waals surface area contributed by atoms with Crippen LogP contribution in [0.25, 0.3) is 10.1 Å². The Kier molecular flexibility index (Phi) is 6.89. The van der Waals surface area contributed by atoms with Gasteiger partial charge in [0.25, 0.3) is 5.91 Å². The Hall–Kier alpha value is -2.42. The summed E-state index contributed by atoms with van der Waals surface area (Å²) in [5, 5.41) is 3.31. The SMILES string of the molecule is COCc1c(C(=O)Nc2ccc(CC(=O)N3CCSCC3)cc2)sc2cccc(F)c12. The van der Waals surface area contributed by atoms with E-state index >= 15 is 0 Å². The van der Waals surface area contributed by atoms with Crippen molar-refractivity contribution in [3.05, 3.63) is 64.3 Å². The van der Waals surface area contributed by atoms with Crippen LogP contribution in [-0.2, 0) is 22.6 Å². The highest BCUT2D eigenvalue weighted by molar-refractivity contribution is 7.99. The maximum absolute atomic E-state index is 14.3. The molecule has 4 rings (SSSR count). The van der Waals surface area contributed by atoms with E-state index in [0.717, 1.165) is 30.2 Å². The van der Waals surface area contributed by atoms with Crippen molar-refractivity contribution in [2.45, 2.75) is 13.0 Å². The quantitative estimate of drug-likeness (QED) is 0.589. The number of rotatable bonds is 6. The second-order valence-corrected chi connectivity index (χ2v) is 9.55. The average molecular weight is 459 g/mol. The molecule has 1 fully saturated rings. The monoisotopic (exact) mass is 458 g/mol. The summed E-state index contributed by atoms with van der Waals surface area (Å²) in [6.45, 7) is 1.76. The van der Waals surface area contributed by atoms with Crippen LogP contribution >= 0.6 is 23.1 Å². The maximum Gasteiger partial charge on any atom is 0.266 e. The second kappa shape index (κ2) is 9.80. The number of fused-ring (bicyclic) bond motifs is 1. The van der Waals surface area contributed by atoms with E-state index in [-0.39, 0.29) is 24.2 Å². The molecule has 3 aromatic rings. The number of benzene rings is 2. The first kappa shape index (κ1) is 21.8. The van der Waals surface area contributed by atoms with E-state index in [9.17, 15) is 14.0 Å². The van der Waals surface area contributed by atoms with Crippen molar-refractivity contribution < 1.29 is 18.7 Å². The molecule has 0 saturated carbocycles. The van der Waals surface area contributed by atoms with E-state index in [2.05, 4.69) is 5.32 Å². The summed E-state index contributed by atoms with van der Waals surface area (Å²) < 4.78 is 20.3. The van der Waals surface area contributed by atoms with Gasteiger partial charge in [0.05, 0.1) is 17.9 Å². The van der Waals surface area contributed by atoms with Crippen LogP contribution in [0.15, 0.2) is 42.5 Å². The standard InChI is InChI=1S/C23H23FN2O3S2/c1-29-14-17-21-18(24)3-2-4-19(21)31-22(17)23(28)25-16-7-5-15(6-8-16)13-20(27)26-9-11-30-12-10-26/h2-8H,9-14H2,1H3,(H,25,28). The summed E-state index contributed by atoms with van der Waals surface area (Å²) in [5.74, 6) is 1.45. The second-order valence-electron chi connectivity index (χ2n) is 7.28. The minimum absolute atomic E-state index is 0.133. The lowest BCUT2D eigenvalue weighted by Crippen LogP contribution is -2.38. The highest BCUT2D eigenvalue weighted by Gasteiger charge is 2.21. The van der Waals surface area contributed by atoms with Crippen LogP contribution in [0.1, 0.15) is 20.8 Å². The van der Waals surface area contributed by atoms with E-state index in [4.69, 9.17) is 4.74 Å². The normalized spacial score (nSPS) is 14.1. The first-order chi connectivity index (χ1) is 15.1. The van der Waals surface area contributed by atoms with Crippen LogP contribution in [0.2, 0.25) is 0 Å². The molecule has 2 amide bonds. The molecule has 0 spiro atoms. The molecule has 0 atom stereocenters. The lowest BCUT2D eigenvalue weighted by molar-refractivity contribution is -0.130. The van der Waals surface area contributed by atoms with Crippen LogP contribution < -0.4 is 5.32 Å². The zero-order valence-corrected chi connectivity index (χ0v) is 18.8. The smallest absolute Gasteiger partial charge is 0.266 e. The van der Waals surface area contributed by atoms with Gasteiger partial charge in [0, 0.05) is 53.0 Å². The average Bonchev–Trinajstić information content (AvgIpc) is 3.16. The molecule has 162 valence electrons. The van der Waals surface area contributed by atoms with Gasteiger partial charge in [-0.2, -0.15) is 11.8 Å². The van der Waals surface area contributed by atoms with Gasteiger partial charge in [-0.05, 0) is 29.8 Å². The van der Waals surface area contributed by atoms with Gasteiger partial charge >= 0.3 is 0 Å². The number of halogens is 1. The van der Waals surface area contributed by atoms with Crippen LogP contribution in [0.4, 0.5) is 10.1 Å². The van der Waals surface area contributed by atoms with Gasteiger partial charge in [-0.25, -0.2) is 4.39 Å². The third kappa shape index (κ3) is 4.92. The summed E-state index contributed by atoms with van der Waals surface area (Å²) in [5.41, 5.74) is 2.09. The number of hydrogen-bond donors (Lipinski definition) is 1. The van der Waals surface area contributed by atoms with E-state index in [0.29, 0.717) is 32.6 Å². The molecule has 1 saturated heterocycles. The largest absolute Gasteiger partial charge is 0.380 e. The Balaban J connectivity index is 1.47. The predicted molar refractivity (Wildman–Crippen MR) is 125 cm³/mol. The minimum atomic E-state index is -0.360. The topological polar surface area (TPSA) is 58.6 Å². The molecule has 0 unspecified atom stereocenters. The van der Waals surface area contributed by atoms with Crippen molar-refractivity contribution in [2.24, 2.45) is 0 Å². The number of thiophene rings is 1. The number of anilines is 1. The molecule has 0 bridgehead atoms. The zero-order valence-electron chi connectivity index (χ0n) is 17.2. The van der Waals surface area contributed by atoms with Gasteiger partial charge in [0.1, 0.15) is 5.82 Å². The molecule has 31 heavy (non-hydrogen) atoms. The number of methoxy groups -OCH3 is 1. The van der Waals surface area contributed by atoms with Crippen LogP contribution in [0, 0.1) is 5.82 Å². The molecule has 0 radical (unpaired) electrons. The fraction of sp³-hybridized carbons (Fsp3) is 0.304. The lowest BCUT2D eigenvalue weighted by atomic mass is 10.1. The van der Waals surface area contributed by atoms with E-state index in [1.54, 1.807) is 24.3 Å². The molecule has 2 heterocycles. The summed E-state index contributed by atoms with van der Waals surface area (Å²) >= 11 is 3.12. The Bertz CT molecular complexity index is 1090. The van der Waals surface area contributed by atoms with Crippen molar-refractivity contribution in [1.82, 2.24) is 4.90 Å². The predicted octanol–water partition coefficient (Wildman–Crippen LogP) is 4.56. The molecule has 1 aliphatic heterocycles. The van der Waals surface area contributed by atoms with Crippen molar-refractivity contribution in [3.63, 3.8) is 0 Å². The number of carbonyl (C=O) groups is 2. The van der Waals surface area contributed by atoms with Crippen molar-refractivity contribution in [3.8, 4) is 0 Å². The maximum atomic E-state index is 14.3. The molecular weight excluding hydrogens is 435 g/mol. The number of carbonyl (C=O) groups excluding carboxylic acids is 2. The number of thioether (sulfide) groups is 1. The van der Waals surface area contributed by atoms with Crippen LogP contribution in [0.3, 0.4) is 0 Å². The molecule has 2 aromatic carbocycles. The molecule has 1 N–H and O–H groups in total. The van der Waals surface area contributed by atoms with Gasteiger partial charge in [-0.1, -0.05) is 18.2 Å². The Morgan fingerprint density at radius 2 is 1.87 bits per heavy atom. The minimum Gasteiger partial charge on any atom is -0.380 e. The molecule has 5 nitrogen and oxygen atoms in total. The molecule has 8 heteroatoms. The Morgan fingerprint density at radius 3 is 2.58 bits per heavy atom. The number of nitrogens with one attached hydrogen (secondary N) is 1. The van der Waals surface area contributed by atoms with Crippen molar-refractivity contribution >= 4 is 50.7 Å². The number of hydrogen-bond acceptors (Lipinski definition) is 5. The van der Waals surface area contributed by atoms with Gasteiger partial charge in [-0.3, -0.25) is 9.59 Å². The third-order valence-electron chi connectivity index (χ3n) is 5.19. The summed E-state index contributed by atoms with van der Waals surface area (Å²) in [4.78, 5) is 27.7. The summed E-state index contributed by atoms with van der Waals surface area (Å²) in [6, 6.07) is 12.1. The first-order valence-electron chi connectivity index (χ1n) is 10.0. The van der Waals surface area contributed by atoms with Crippen LogP contribution in [-0.4, -0.2) is 48.4 Å². The molecular formula is C23H23FN2O3S2. The zero-order chi connectivity index (χ0) is 21.8. The molecule has 0 aliphatic carbocycles. The summed E-state index contributed by atoms with van der Waals surface area (Å²) in [6.07, 6.45) is 0.354. The third-order valence-corrected chi connectivity index (χ3v) is 7.33. The van der Waals surface area contributed by atoms with Gasteiger partial charge in [-0.15, -0.1) is 11.3 Å². The Labute approximate surface area is 188 Å². The van der Waals surface area contributed by atoms with Gasteiger partial charge in [0.15, 0.2) is 0 Å². The number of nitrogens with zero attached hydrogens (tertiary/aromatic N) is 1. The number of amides is 2.